The molecule has 0 aliphatic carbocycles. The summed E-state index contributed by atoms with van der Waals surface area (Å²) >= 11 is 0. The number of piperazine rings is 1. The fourth-order valence-electron chi connectivity index (χ4n) is 3.09. The van der Waals surface area contributed by atoms with Gasteiger partial charge in [-0.3, -0.25) is 4.98 Å². The highest BCUT2D eigenvalue weighted by Crippen LogP contribution is 2.31. The minimum atomic E-state index is -4.62. The average molecular weight is 404 g/mol. The van der Waals surface area contributed by atoms with E-state index in [0.29, 0.717) is 50.1 Å². The monoisotopic (exact) mass is 404 g/mol. The van der Waals surface area contributed by atoms with Gasteiger partial charge in [-0.05, 0) is 24.3 Å². The number of hydrogen-bond acceptors (Lipinski definition) is 6. The lowest BCUT2D eigenvalue weighted by Gasteiger charge is -2.35. The number of halogens is 4. The summed E-state index contributed by atoms with van der Waals surface area (Å²) in [6, 6.07) is 7.79. The van der Waals surface area contributed by atoms with Crippen molar-refractivity contribution in [2.45, 2.75) is 6.18 Å². The molecule has 1 aliphatic heterocycles. The van der Waals surface area contributed by atoms with Crippen LogP contribution in [0.1, 0.15) is 5.56 Å². The number of aromatic nitrogens is 4. The molecule has 1 saturated heterocycles. The van der Waals surface area contributed by atoms with Crippen LogP contribution in [0.4, 0.5) is 29.3 Å². The Labute approximate surface area is 163 Å². The van der Waals surface area contributed by atoms with E-state index >= 15 is 0 Å². The molecule has 10 heteroatoms. The van der Waals surface area contributed by atoms with E-state index in [0.717, 1.165) is 5.69 Å². The highest BCUT2D eigenvalue weighted by Gasteiger charge is 2.32. The van der Waals surface area contributed by atoms with Gasteiger partial charge in [0, 0.05) is 44.8 Å². The SMILES string of the molecule is Fc1cc(C(F)(F)F)cnc1N1CCN(c2nccc(-c3ccccn3)n2)CC1. The zero-order valence-corrected chi connectivity index (χ0v) is 15.1. The number of alkyl halides is 3. The first-order chi connectivity index (χ1) is 13.9. The third-order valence-corrected chi connectivity index (χ3v) is 4.58. The molecule has 150 valence electrons. The first-order valence-electron chi connectivity index (χ1n) is 8.89. The maximum atomic E-state index is 14.2. The summed E-state index contributed by atoms with van der Waals surface area (Å²) in [6.07, 6.45) is -0.636. The molecule has 4 rings (SSSR count). The van der Waals surface area contributed by atoms with Crippen molar-refractivity contribution in [2.75, 3.05) is 36.0 Å². The van der Waals surface area contributed by atoms with Crippen LogP contribution in [0.2, 0.25) is 0 Å². The van der Waals surface area contributed by atoms with Crippen LogP contribution >= 0.6 is 0 Å². The van der Waals surface area contributed by atoms with Crippen LogP contribution in [-0.2, 0) is 6.18 Å². The molecule has 0 unspecified atom stereocenters. The molecule has 0 radical (unpaired) electrons. The van der Waals surface area contributed by atoms with Crippen LogP contribution in [0, 0.1) is 5.82 Å². The highest BCUT2D eigenvalue weighted by atomic mass is 19.4. The molecule has 0 aromatic carbocycles. The Balaban J connectivity index is 1.46. The summed E-state index contributed by atoms with van der Waals surface area (Å²) in [5.41, 5.74) is 0.316. The molecule has 0 atom stereocenters. The van der Waals surface area contributed by atoms with E-state index in [-0.39, 0.29) is 5.82 Å². The molecular weight excluding hydrogens is 388 g/mol. The van der Waals surface area contributed by atoms with E-state index in [4.69, 9.17) is 0 Å². The lowest BCUT2D eigenvalue weighted by atomic mass is 10.2. The Hall–Kier alpha value is -3.30. The van der Waals surface area contributed by atoms with Crippen LogP contribution in [0.25, 0.3) is 11.4 Å². The maximum absolute atomic E-state index is 14.2. The van der Waals surface area contributed by atoms with Crippen molar-refractivity contribution in [3.05, 3.63) is 60.3 Å². The molecule has 0 N–H and O–H groups in total. The number of anilines is 2. The van der Waals surface area contributed by atoms with Crippen LogP contribution < -0.4 is 9.80 Å². The average Bonchev–Trinajstić information content (AvgIpc) is 2.74. The Kier molecular flexibility index (Phi) is 4.99. The van der Waals surface area contributed by atoms with E-state index in [9.17, 15) is 17.6 Å². The fraction of sp³-hybridized carbons (Fsp3) is 0.263. The van der Waals surface area contributed by atoms with Crippen molar-refractivity contribution < 1.29 is 17.6 Å². The van der Waals surface area contributed by atoms with Crippen molar-refractivity contribution in [2.24, 2.45) is 0 Å². The van der Waals surface area contributed by atoms with Crippen molar-refractivity contribution in [3.8, 4) is 11.4 Å². The first-order valence-corrected chi connectivity index (χ1v) is 8.89. The number of hydrogen-bond donors (Lipinski definition) is 0. The van der Waals surface area contributed by atoms with Crippen LogP contribution in [0.15, 0.2) is 48.9 Å². The van der Waals surface area contributed by atoms with Gasteiger partial charge in [-0.2, -0.15) is 13.2 Å². The van der Waals surface area contributed by atoms with Crippen molar-refractivity contribution in [3.63, 3.8) is 0 Å². The van der Waals surface area contributed by atoms with Gasteiger partial charge in [0.25, 0.3) is 0 Å². The number of nitrogens with zero attached hydrogens (tertiary/aromatic N) is 6. The van der Waals surface area contributed by atoms with Crippen LogP contribution in [-0.4, -0.2) is 46.1 Å². The quantitative estimate of drug-likeness (QED) is 0.624. The Morgan fingerprint density at radius 2 is 1.59 bits per heavy atom. The summed E-state index contributed by atoms with van der Waals surface area (Å²) in [7, 11) is 0. The van der Waals surface area contributed by atoms with E-state index < -0.39 is 17.6 Å². The van der Waals surface area contributed by atoms with Gasteiger partial charge >= 0.3 is 6.18 Å². The zero-order chi connectivity index (χ0) is 20.4. The van der Waals surface area contributed by atoms with Gasteiger partial charge in [-0.1, -0.05) is 6.07 Å². The van der Waals surface area contributed by atoms with Crippen molar-refractivity contribution in [1.82, 2.24) is 19.9 Å². The van der Waals surface area contributed by atoms with Gasteiger partial charge in [0.15, 0.2) is 11.6 Å². The molecule has 1 aliphatic rings. The van der Waals surface area contributed by atoms with Gasteiger partial charge in [0.05, 0.1) is 17.0 Å². The summed E-state index contributed by atoms with van der Waals surface area (Å²) in [5.74, 6) is -0.545. The fourth-order valence-corrected chi connectivity index (χ4v) is 3.09. The second-order valence-electron chi connectivity index (χ2n) is 6.46. The minimum absolute atomic E-state index is 0.0826. The third-order valence-electron chi connectivity index (χ3n) is 4.58. The Morgan fingerprint density at radius 1 is 0.828 bits per heavy atom. The van der Waals surface area contributed by atoms with Gasteiger partial charge < -0.3 is 9.80 Å². The topological polar surface area (TPSA) is 58.0 Å². The van der Waals surface area contributed by atoms with Gasteiger partial charge in [0.2, 0.25) is 5.95 Å². The number of pyridine rings is 2. The zero-order valence-electron chi connectivity index (χ0n) is 15.1. The molecule has 0 saturated carbocycles. The summed E-state index contributed by atoms with van der Waals surface area (Å²) in [5, 5.41) is 0. The molecule has 3 aromatic heterocycles. The molecule has 6 nitrogen and oxygen atoms in total. The van der Waals surface area contributed by atoms with Crippen LogP contribution in [0.5, 0.6) is 0 Å². The molecule has 0 spiro atoms. The maximum Gasteiger partial charge on any atom is 0.417 e. The van der Waals surface area contributed by atoms with E-state index in [2.05, 4.69) is 19.9 Å². The van der Waals surface area contributed by atoms with Gasteiger partial charge in [-0.25, -0.2) is 19.3 Å². The first kappa shape index (κ1) is 19.0. The predicted octanol–water partition coefficient (Wildman–Crippen LogP) is 3.42. The standard InChI is InChI=1S/C19H16F4N6/c20-14-11-13(19(21,22)23)12-26-17(14)28-7-9-29(10-8-28)18-25-6-4-16(27-18)15-3-1-2-5-24-15/h1-6,11-12H,7-10H2. The predicted molar refractivity (Wildman–Crippen MR) is 98.9 cm³/mol. The third kappa shape index (κ3) is 4.10. The molecular formula is C19H16F4N6. The largest absolute Gasteiger partial charge is 0.417 e. The summed E-state index contributed by atoms with van der Waals surface area (Å²) in [4.78, 5) is 20.4. The molecule has 3 aromatic rings. The summed E-state index contributed by atoms with van der Waals surface area (Å²) in [6.45, 7) is 1.72. The van der Waals surface area contributed by atoms with E-state index in [1.165, 1.54) is 0 Å². The minimum Gasteiger partial charge on any atom is -0.351 e. The van der Waals surface area contributed by atoms with E-state index in [1.54, 1.807) is 23.4 Å². The molecule has 4 heterocycles. The van der Waals surface area contributed by atoms with Gasteiger partial charge in [0.1, 0.15) is 0 Å². The van der Waals surface area contributed by atoms with Crippen LogP contribution in [0.3, 0.4) is 0 Å². The Bertz CT molecular complexity index is 987. The molecule has 29 heavy (non-hydrogen) atoms. The van der Waals surface area contributed by atoms with Crippen molar-refractivity contribution >= 4 is 11.8 Å². The molecule has 0 bridgehead atoms. The van der Waals surface area contributed by atoms with Gasteiger partial charge in [-0.15, -0.1) is 0 Å². The van der Waals surface area contributed by atoms with Crippen molar-refractivity contribution in [1.29, 1.82) is 0 Å². The highest BCUT2D eigenvalue weighted by molar-refractivity contribution is 5.55. The lowest BCUT2D eigenvalue weighted by Crippen LogP contribution is -2.47. The smallest absolute Gasteiger partial charge is 0.351 e. The second-order valence-corrected chi connectivity index (χ2v) is 6.46. The number of rotatable bonds is 3. The normalized spacial score (nSPS) is 14.9. The second kappa shape index (κ2) is 7.61. The molecule has 1 fully saturated rings. The molecule has 0 amide bonds. The summed E-state index contributed by atoms with van der Waals surface area (Å²) < 4.78 is 52.2. The Morgan fingerprint density at radius 3 is 2.24 bits per heavy atom. The van der Waals surface area contributed by atoms with E-state index in [1.807, 2.05) is 23.1 Å². The lowest BCUT2D eigenvalue weighted by molar-refractivity contribution is -0.138.